The van der Waals surface area contributed by atoms with Gasteiger partial charge in [0.25, 0.3) is 0 Å². The molecule has 0 aliphatic rings. The van der Waals surface area contributed by atoms with Crippen LogP contribution in [-0.4, -0.2) is 33.7 Å². The topological polar surface area (TPSA) is 62.7 Å². The molecule has 0 unspecified atom stereocenters. The molecule has 106 valence electrons. The summed E-state index contributed by atoms with van der Waals surface area (Å²) < 4.78 is 5.19. The van der Waals surface area contributed by atoms with E-state index in [2.05, 4.69) is 4.98 Å². The highest BCUT2D eigenvalue weighted by Crippen LogP contribution is 2.29. The lowest BCUT2D eigenvalue weighted by molar-refractivity contribution is 0.0949. The number of nitrogens with zero attached hydrogens (tertiary/aromatic N) is 2. The number of hydrogen-bond donors (Lipinski definition) is 1. The van der Waals surface area contributed by atoms with Crippen molar-refractivity contribution >= 4 is 17.7 Å². The Morgan fingerprint density at radius 1 is 1.53 bits per heavy atom. The standard InChI is InChI=1S/C13H19ClN2O3/c1-8-6-10(14)9(11(15-8)19-5)7-16(12(17)18)13(2,3)4/h6H,7H2,1-5H3,(H,17,18). The summed E-state index contributed by atoms with van der Waals surface area (Å²) in [4.78, 5) is 16.9. The Hall–Kier alpha value is -1.49. The largest absolute Gasteiger partial charge is 0.481 e. The van der Waals surface area contributed by atoms with Gasteiger partial charge in [-0.05, 0) is 33.8 Å². The fourth-order valence-electron chi connectivity index (χ4n) is 1.69. The third kappa shape index (κ3) is 3.73. The van der Waals surface area contributed by atoms with E-state index in [1.807, 2.05) is 20.8 Å². The number of aryl methyl sites for hydroxylation is 1. The van der Waals surface area contributed by atoms with Crippen molar-refractivity contribution in [2.45, 2.75) is 39.8 Å². The van der Waals surface area contributed by atoms with Gasteiger partial charge in [-0.2, -0.15) is 0 Å². The number of pyridine rings is 1. The first-order valence-electron chi connectivity index (χ1n) is 5.87. The maximum absolute atomic E-state index is 11.4. The zero-order valence-corrected chi connectivity index (χ0v) is 12.6. The normalized spacial score (nSPS) is 11.3. The van der Waals surface area contributed by atoms with Crippen molar-refractivity contribution < 1.29 is 14.6 Å². The van der Waals surface area contributed by atoms with E-state index in [0.29, 0.717) is 16.5 Å². The molecule has 0 atom stereocenters. The molecular weight excluding hydrogens is 268 g/mol. The van der Waals surface area contributed by atoms with Crippen molar-refractivity contribution in [3.05, 3.63) is 22.3 Å². The number of aromatic nitrogens is 1. The zero-order chi connectivity index (χ0) is 14.8. The molecule has 0 aliphatic heterocycles. The van der Waals surface area contributed by atoms with Gasteiger partial charge in [0.15, 0.2) is 0 Å². The molecule has 0 spiro atoms. The first-order chi connectivity index (χ1) is 8.66. The number of carboxylic acid groups (broad SMARTS) is 1. The quantitative estimate of drug-likeness (QED) is 0.926. The fourth-order valence-corrected chi connectivity index (χ4v) is 1.99. The van der Waals surface area contributed by atoms with Gasteiger partial charge < -0.3 is 9.84 Å². The number of hydrogen-bond acceptors (Lipinski definition) is 3. The summed E-state index contributed by atoms with van der Waals surface area (Å²) in [6, 6.07) is 1.70. The molecule has 1 amide bonds. The van der Waals surface area contributed by atoms with E-state index in [1.165, 1.54) is 12.0 Å². The average molecular weight is 287 g/mol. The molecule has 5 nitrogen and oxygen atoms in total. The highest BCUT2D eigenvalue weighted by atomic mass is 35.5. The Morgan fingerprint density at radius 2 is 2.11 bits per heavy atom. The molecule has 6 heteroatoms. The summed E-state index contributed by atoms with van der Waals surface area (Å²) in [6.45, 7) is 7.40. The number of methoxy groups -OCH3 is 1. The van der Waals surface area contributed by atoms with Crippen LogP contribution < -0.4 is 4.74 Å². The van der Waals surface area contributed by atoms with Gasteiger partial charge in [0, 0.05) is 11.2 Å². The predicted octanol–water partition coefficient (Wildman–Crippen LogP) is 3.33. The third-order valence-electron chi connectivity index (χ3n) is 2.71. The molecule has 1 rings (SSSR count). The van der Waals surface area contributed by atoms with E-state index in [9.17, 15) is 9.90 Å². The first kappa shape index (κ1) is 15.6. The number of halogens is 1. The van der Waals surface area contributed by atoms with E-state index in [-0.39, 0.29) is 6.54 Å². The van der Waals surface area contributed by atoms with Crippen LogP contribution in [0.3, 0.4) is 0 Å². The van der Waals surface area contributed by atoms with Crippen LogP contribution in [0.25, 0.3) is 0 Å². The molecule has 19 heavy (non-hydrogen) atoms. The monoisotopic (exact) mass is 286 g/mol. The summed E-state index contributed by atoms with van der Waals surface area (Å²) in [5.41, 5.74) is 0.765. The fraction of sp³-hybridized carbons (Fsp3) is 0.538. The van der Waals surface area contributed by atoms with Crippen LogP contribution in [0, 0.1) is 6.92 Å². The van der Waals surface area contributed by atoms with E-state index in [1.54, 1.807) is 13.0 Å². The van der Waals surface area contributed by atoms with E-state index in [4.69, 9.17) is 16.3 Å². The second-order valence-electron chi connectivity index (χ2n) is 5.27. The summed E-state index contributed by atoms with van der Waals surface area (Å²) in [7, 11) is 1.49. The van der Waals surface area contributed by atoms with Gasteiger partial charge in [-0.1, -0.05) is 11.6 Å². The van der Waals surface area contributed by atoms with E-state index < -0.39 is 11.6 Å². The minimum atomic E-state index is -1.01. The number of rotatable bonds is 3. The van der Waals surface area contributed by atoms with Gasteiger partial charge in [0.2, 0.25) is 5.88 Å². The summed E-state index contributed by atoms with van der Waals surface area (Å²) in [5.74, 6) is 0.362. The second-order valence-corrected chi connectivity index (χ2v) is 5.68. The first-order valence-corrected chi connectivity index (χ1v) is 6.25. The zero-order valence-electron chi connectivity index (χ0n) is 11.8. The molecule has 0 saturated carbocycles. The van der Waals surface area contributed by atoms with E-state index in [0.717, 1.165) is 5.69 Å². The van der Waals surface area contributed by atoms with Crippen molar-refractivity contribution in [3.63, 3.8) is 0 Å². The highest BCUT2D eigenvalue weighted by molar-refractivity contribution is 6.31. The summed E-state index contributed by atoms with van der Waals surface area (Å²) in [6.07, 6.45) is -1.01. The van der Waals surface area contributed by atoms with Gasteiger partial charge in [-0.3, -0.25) is 4.90 Å². The van der Waals surface area contributed by atoms with E-state index >= 15 is 0 Å². The lowest BCUT2D eigenvalue weighted by atomic mass is 10.1. The minimum absolute atomic E-state index is 0.133. The van der Waals surface area contributed by atoms with Gasteiger partial charge >= 0.3 is 6.09 Å². The number of ether oxygens (including phenoxy) is 1. The predicted molar refractivity (Wildman–Crippen MR) is 73.9 cm³/mol. The van der Waals surface area contributed by atoms with Crippen LogP contribution in [0.1, 0.15) is 32.0 Å². The lowest BCUT2D eigenvalue weighted by Gasteiger charge is -2.33. The SMILES string of the molecule is COc1nc(C)cc(Cl)c1CN(C(=O)O)C(C)(C)C. The molecule has 1 aromatic rings. The molecule has 0 radical (unpaired) electrons. The number of amides is 1. The molecule has 1 N–H and O–H groups in total. The van der Waals surface area contributed by atoms with Crippen molar-refractivity contribution in [1.82, 2.24) is 9.88 Å². The molecule has 1 aromatic heterocycles. The molecule has 0 saturated heterocycles. The highest BCUT2D eigenvalue weighted by Gasteiger charge is 2.28. The Labute approximate surface area is 118 Å². The molecule has 0 bridgehead atoms. The van der Waals surface area contributed by atoms with Crippen molar-refractivity contribution in [1.29, 1.82) is 0 Å². The second kappa shape index (κ2) is 5.65. The molecule has 1 heterocycles. The molecule has 0 aliphatic carbocycles. The smallest absolute Gasteiger partial charge is 0.408 e. The summed E-state index contributed by atoms with van der Waals surface area (Å²) in [5, 5.41) is 9.76. The van der Waals surface area contributed by atoms with Crippen LogP contribution in [0.4, 0.5) is 4.79 Å². The minimum Gasteiger partial charge on any atom is -0.481 e. The lowest BCUT2D eigenvalue weighted by Crippen LogP contribution is -2.44. The third-order valence-corrected chi connectivity index (χ3v) is 3.05. The van der Waals surface area contributed by atoms with Gasteiger partial charge in [0.1, 0.15) is 0 Å². The van der Waals surface area contributed by atoms with Crippen molar-refractivity contribution in [2.24, 2.45) is 0 Å². The molecule has 0 fully saturated rings. The maximum atomic E-state index is 11.4. The van der Waals surface area contributed by atoms with Crippen LogP contribution in [0.2, 0.25) is 5.02 Å². The Bertz CT molecular complexity index is 484. The van der Waals surface area contributed by atoms with Crippen LogP contribution in [0.5, 0.6) is 5.88 Å². The Balaban J connectivity index is 3.20. The van der Waals surface area contributed by atoms with Crippen molar-refractivity contribution in [2.75, 3.05) is 7.11 Å². The van der Waals surface area contributed by atoms with Gasteiger partial charge in [-0.25, -0.2) is 9.78 Å². The molecular formula is C13H19ClN2O3. The average Bonchev–Trinajstić information content (AvgIpc) is 2.24. The van der Waals surface area contributed by atoms with Gasteiger partial charge in [0.05, 0.1) is 24.2 Å². The van der Waals surface area contributed by atoms with Crippen molar-refractivity contribution in [3.8, 4) is 5.88 Å². The number of carbonyl (C=O) groups is 1. The van der Waals surface area contributed by atoms with Gasteiger partial charge in [-0.15, -0.1) is 0 Å². The Morgan fingerprint density at radius 3 is 2.53 bits per heavy atom. The Kier molecular flexibility index (Phi) is 4.63. The van der Waals surface area contributed by atoms with Crippen LogP contribution in [0.15, 0.2) is 6.07 Å². The summed E-state index contributed by atoms with van der Waals surface area (Å²) >= 11 is 6.17. The maximum Gasteiger partial charge on any atom is 0.408 e. The molecule has 0 aromatic carbocycles. The van der Waals surface area contributed by atoms with Crippen LogP contribution in [-0.2, 0) is 6.54 Å². The van der Waals surface area contributed by atoms with Crippen LogP contribution >= 0.6 is 11.6 Å².